The lowest BCUT2D eigenvalue weighted by molar-refractivity contribution is -0.136. The molecule has 1 aliphatic carbocycles. The topological polar surface area (TPSA) is 46.6 Å². The van der Waals surface area contributed by atoms with Crippen LogP contribution in [0.25, 0.3) is 0 Å². The van der Waals surface area contributed by atoms with Gasteiger partial charge in [0.05, 0.1) is 0 Å². The zero-order valence-electron chi connectivity index (χ0n) is 11.9. The van der Waals surface area contributed by atoms with Crippen LogP contribution in [0.2, 0.25) is 0 Å². The summed E-state index contributed by atoms with van der Waals surface area (Å²) in [5.74, 6) is 0.702. The SMILES string of the molecule is COCCCC(=O)N1CCCC1C1CCCCC1=O. The third-order valence-corrected chi connectivity index (χ3v) is 4.43. The molecule has 0 aromatic carbocycles. The standard InChI is InChI=1S/C15H25NO3/c1-19-11-5-9-15(18)16-10-4-7-13(16)12-6-2-3-8-14(12)17/h12-13H,2-11H2,1H3. The van der Waals surface area contributed by atoms with Crippen molar-refractivity contribution >= 4 is 11.7 Å². The maximum Gasteiger partial charge on any atom is 0.222 e. The summed E-state index contributed by atoms with van der Waals surface area (Å²) in [6.07, 6.45) is 7.24. The molecule has 0 radical (unpaired) electrons. The average Bonchev–Trinajstić information content (AvgIpc) is 2.88. The summed E-state index contributed by atoms with van der Waals surface area (Å²) in [5, 5.41) is 0. The predicted octanol–water partition coefficient (Wildman–Crippen LogP) is 2.16. The number of ether oxygens (including phenoxy) is 1. The minimum Gasteiger partial charge on any atom is -0.385 e. The van der Waals surface area contributed by atoms with Crippen molar-refractivity contribution in [3.63, 3.8) is 0 Å². The molecule has 108 valence electrons. The van der Waals surface area contributed by atoms with E-state index in [0.29, 0.717) is 25.2 Å². The second-order valence-corrected chi connectivity index (χ2v) is 5.71. The number of ketones is 1. The minimum absolute atomic E-state index is 0.114. The minimum atomic E-state index is 0.114. The van der Waals surface area contributed by atoms with E-state index in [-0.39, 0.29) is 17.9 Å². The van der Waals surface area contributed by atoms with Crippen molar-refractivity contribution in [1.82, 2.24) is 4.90 Å². The van der Waals surface area contributed by atoms with Gasteiger partial charge in [0.15, 0.2) is 0 Å². The van der Waals surface area contributed by atoms with E-state index in [1.807, 2.05) is 4.90 Å². The molecule has 4 nitrogen and oxygen atoms in total. The number of rotatable bonds is 5. The molecule has 0 aromatic rings. The van der Waals surface area contributed by atoms with Gasteiger partial charge in [0, 0.05) is 45.1 Å². The van der Waals surface area contributed by atoms with Gasteiger partial charge in [0.1, 0.15) is 5.78 Å². The van der Waals surface area contributed by atoms with Gasteiger partial charge < -0.3 is 9.64 Å². The lowest BCUT2D eigenvalue weighted by Gasteiger charge is -2.33. The first-order chi connectivity index (χ1) is 9.24. The molecule has 2 unspecified atom stereocenters. The van der Waals surface area contributed by atoms with Crippen molar-refractivity contribution < 1.29 is 14.3 Å². The summed E-state index contributed by atoms with van der Waals surface area (Å²) >= 11 is 0. The molecular weight excluding hydrogens is 242 g/mol. The van der Waals surface area contributed by atoms with E-state index in [2.05, 4.69) is 0 Å². The van der Waals surface area contributed by atoms with Gasteiger partial charge in [-0.15, -0.1) is 0 Å². The highest BCUT2D eigenvalue weighted by molar-refractivity contribution is 5.84. The largest absolute Gasteiger partial charge is 0.385 e. The molecule has 1 amide bonds. The van der Waals surface area contributed by atoms with Gasteiger partial charge in [-0.25, -0.2) is 0 Å². The van der Waals surface area contributed by atoms with Crippen LogP contribution in [-0.2, 0) is 14.3 Å². The summed E-state index contributed by atoms with van der Waals surface area (Å²) < 4.78 is 4.99. The molecule has 0 aromatic heterocycles. The molecule has 0 bridgehead atoms. The summed E-state index contributed by atoms with van der Waals surface area (Å²) in [6.45, 7) is 1.47. The summed E-state index contributed by atoms with van der Waals surface area (Å²) in [7, 11) is 1.66. The number of likely N-dealkylation sites (tertiary alicyclic amines) is 1. The van der Waals surface area contributed by atoms with Crippen LogP contribution in [0.5, 0.6) is 0 Å². The van der Waals surface area contributed by atoms with Crippen molar-refractivity contribution in [1.29, 1.82) is 0 Å². The van der Waals surface area contributed by atoms with Crippen molar-refractivity contribution in [2.24, 2.45) is 5.92 Å². The van der Waals surface area contributed by atoms with Gasteiger partial charge >= 0.3 is 0 Å². The number of hydrogen-bond acceptors (Lipinski definition) is 3. The Labute approximate surface area is 115 Å². The van der Waals surface area contributed by atoms with Crippen LogP contribution in [0.1, 0.15) is 51.4 Å². The maximum atomic E-state index is 12.2. The molecule has 19 heavy (non-hydrogen) atoms. The Morgan fingerprint density at radius 3 is 2.89 bits per heavy atom. The number of hydrogen-bond donors (Lipinski definition) is 0. The van der Waals surface area contributed by atoms with E-state index in [1.165, 1.54) is 0 Å². The van der Waals surface area contributed by atoms with Crippen molar-refractivity contribution in [2.75, 3.05) is 20.3 Å². The monoisotopic (exact) mass is 267 g/mol. The molecular formula is C15H25NO3. The zero-order valence-corrected chi connectivity index (χ0v) is 11.9. The maximum absolute atomic E-state index is 12.2. The van der Waals surface area contributed by atoms with Crippen LogP contribution in [0, 0.1) is 5.92 Å². The number of amides is 1. The molecule has 1 heterocycles. The molecule has 1 saturated heterocycles. The number of carbonyl (C=O) groups is 2. The summed E-state index contributed by atoms with van der Waals surface area (Å²) in [4.78, 5) is 26.3. The van der Waals surface area contributed by atoms with Gasteiger partial charge in [-0.05, 0) is 32.1 Å². The van der Waals surface area contributed by atoms with Crippen molar-refractivity contribution in [3.8, 4) is 0 Å². The van der Waals surface area contributed by atoms with E-state index in [0.717, 1.165) is 45.1 Å². The lowest BCUT2D eigenvalue weighted by atomic mass is 9.82. The van der Waals surface area contributed by atoms with E-state index in [9.17, 15) is 9.59 Å². The quantitative estimate of drug-likeness (QED) is 0.717. The normalized spacial score (nSPS) is 27.8. The lowest BCUT2D eigenvalue weighted by Crippen LogP contribution is -2.43. The highest BCUT2D eigenvalue weighted by Gasteiger charge is 2.38. The molecule has 2 atom stereocenters. The van der Waals surface area contributed by atoms with Gasteiger partial charge in [-0.2, -0.15) is 0 Å². The Bertz CT molecular complexity index is 329. The van der Waals surface area contributed by atoms with Crippen LogP contribution >= 0.6 is 0 Å². The van der Waals surface area contributed by atoms with Crippen molar-refractivity contribution in [2.45, 2.75) is 57.4 Å². The number of methoxy groups -OCH3 is 1. The third-order valence-electron chi connectivity index (χ3n) is 4.43. The van der Waals surface area contributed by atoms with Crippen molar-refractivity contribution in [3.05, 3.63) is 0 Å². The fraction of sp³-hybridized carbons (Fsp3) is 0.867. The van der Waals surface area contributed by atoms with E-state index in [4.69, 9.17) is 4.74 Å². The molecule has 2 aliphatic rings. The number of nitrogens with zero attached hydrogens (tertiary/aromatic N) is 1. The highest BCUT2D eigenvalue weighted by atomic mass is 16.5. The molecule has 2 fully saturated rings. The Morgan fingerprint density at radius 1 is 1.32 bits per heavy atom. The van der Waals surface area contributed by atoms with E-state index < -0.39 is 0 Å². The van der Waals surface area contributed by atoms with E-state index >= 15 is 0 Å². The first kappa shape index (κ1) is 14.5. The average molecular weight is 267 g/mol. The Hall–Kier alpha value is -0.900. The second kappa shape index (κ2) is 7.04. The molecule has 4 heteroatoms. The Balaban J connectivity index is 1.92. The first-order valence-corrected chi connectivity index (χ1v) is 7.55. The third kappa shape index (κ3) is 3.56. The van der Waals surface area contributed by atoms with Gasteiger partial charge in [-0.3, -0.25) is 9.59 Å². The first-order valence-electron chi connectivity index (χ1n) is 7.55. The highest BCUT2D eigenvalue weighted by Crippen LogP contribution is 2.32. The van der Waals surface area contributed by atoms with Crippen LogP contribution in [0.15, 0.2) is 0 Å². The Kier molecular flexibility index (Phi) is 5.37. The van der Waals surface area contributed by atoms with Crippen LogP contribution < -0.4 is 0 Å². The predicted molar refractivity (Wildman–Crippen MR) is 72.8 cm³/mol. The van der Waals surface area contributed by atoms with Gasteiger partial charge in [0.25, 0.3) is 0 Å². The number of Topliss-reactive ketones (excluding diaryl/α,β-unsaturated/α-hetero) is 1. The van der Waals surface area contributed by atoms with Crippen LogP contribution in [0.4, 0.5) is 0 Å². The molecule has 1 saturated carbocycles. The molecule has 0 spiro atoms. The molecule has 2 rings (SSSR count). The molecule has 0 N–H and O–H groups in total. The van der Waals surface area contributed by atoms with Gasteiger partial charge in [0.2, 0.25) is 5.91 Å². The fourth-order valence-electron chi connectivity index (χ4n) is 3.45. The van der Waals surface area contributed by atoms with Gasteiger partial charge in [-0.1, -0.05) is 6.42 Å². The fourth-order valence-corrected chi connectivity index (χ4v) is 3.45. The molecule has 1 aliphatic heterocycles. The van der Waals surface area contributed by atoms with Crippen LogP contribution in [-0.4, -0.2) is 42.9 Å². The summed E-state index contributed by atoms with van der Waals surface area (Å²) in [6, 6.07) is 0.183. The Morgan fingerprint density at radius 2 is 2.16 bits per heavy atom. The second-order valence-electron chi connectivity index (χ2n) is 5.71. The zero-order chi connectivity index (χ0) is 13.7. The summed E-state index contributed by atoms with van der Waals surface area (Å²) in [5.41, 5.74) is 0. The number of carbonyl (C=O) groups excluding carboxylic acids is 2. The van der Waals surface area contributed by atoms with Crippen LogP contribution in [0.3, 0.4) is 0 Å². The smallest absolute Gasteiger partial charge is 0.222 e. The van der Waals surface area contributed by atoms with E-state index in [1.54, 1.807) is 7.11 Å².